The highest BCUT2D eigenvalue weighted by molar-refractivity contribution is 6.35. The van der Waals surface area contributed by atoms with Gasteiger partial charge in [-0.15, -0.1) is 0 Å². The highest BCUT2D eigenvalue weighted by atomic mass is 35.5. The van der Waals surface area contributed by atoms with E-state index in [9.17, 15) is 9.59 Å². The fourth-order valence-corrected chi connectivity index (χ4v) is 3.13. The van der Waals surface area contributed by atoms with E-state index in [0.717, 1.165) is 11.1 Å². The highest BCUT2D eigenvalue weighted by Gasteiger charge is 2.27. The molecule has 27 heavy (non-hydrogen) atoms. The highest BCUT2D eigenvalue weighted by Crippen LogP contribution is 2.21. The number of carbonyl (C=O) groups excluding carboxylic acids is 2. The fourth-order valence-electron chi connectivity index (χ4n) is 2.65. The smallest absolute Gasteiger partial charge is 0.242 e. The van der Waals surface area contributed by atoms with Crippen molar-refractivity contribution < 1.29 is 9.59 Å². The van der Waals surface area contributed by atoms with Gasteiger partial charge in [0.1, 0.15) is 6.04 Å². The van der Waals surface area contributed by atoms with Crippen molar-refractivity contribution in [2.75, 3.05) is 0 Å². The molecule has 2 aromatic rings. The Bertz CT molecular complexity index is 794. The monoisotopic (exact) mass is 406 g/mol. The average molecular weight is 407 g/mol. The zero-order chi connectivity index (χ0) is 20.0. The van der Waals surface area contributed by atoms with Crippen molar-refractivity contribution in [3.63, 3.8) is 0 Å². The molecule has 0 aliphatic heterocycles. The minimum absolute atomic E-state index is 0.0639. The summed E-state index contributed by atoms with van der Waals surface area (Å²) in [6, 6.07) is 14.2. The van der Waals surface area contributed by atoms with Crippen molar-refractivity contribution >= 4 is 35.0 Å². The largest absolute Gasteiger partial charge is 0.350 e. The number of carbonyl (C=O) groups is 2. The predicted octanol–water partition coefficient (Wildman–Crippen LogP) is 4.68. The maximum atomic E-state index is 12.7. The SMILES string of the molecule is CC(C)C(=O)N(Cc1ccccc1)C(C)C(=O)NCc1ccc(Cl)cc1Cl. The van der Waals surface area contributed by atoms with Crippen LogP contribution >= 0.6 is 23.2 Å². The maximum Gasteiger partial charge on any atom is 0.242 e. The van der Waals surface area contributed by atoms with E-state index in [4.69, 9.17) is 23.2 Å². The zero-order valence-corrected chi connectivity index (χ0v) is 17.2. The predicted molar refractivity (Wildman–Crippen MR) is 110 cm³/mol. The van der Waals surface area contributed by atoms with E-state index in [0.29, 0.717) is 16.6 Å². The Hall–Kier alpha value is -2.04. The van der Waals surface area contributed by atoms with Crippen LogP contribution in [0.15, 0.2) is 48.5 Å². The number of rotatable bonds is 7. The van der Waals surface area contributed by atoms with Gasteiger partial charge in [-0.2, -0.15) is 0 Å². The van der Waals surface area contributed by atoms with Crippen molar-refractivity contribution in [3.8, 4) is 0 Å². The third kappa shape index (κ3) is 5.98. The molecule has 0 radical (unpaired) electrons. The number of nitrogens with one attached hydrogen (secondary N) is 1. The summed E-state index contributed by atoms with van der Waals surface area (Å²) in [5.74, 6) is -0.494. The van der Waals surface area contributed by atoms with Gasteiger partial charge in [-0.05, 0) is 30.2 Å². The van der Waals surface area contributed by atoms with Gasteiger partial charge in [0.05, 0.1) is 0 Å². The molecule has 144 valence electrons. The van der Waals surface area contributed by atoms with Crippen LogP contribution in [0, 0.1) is 5.92 Å². The van der Waals surface area contributed by atoms with Gasteiger partial charge in [-0.25, -0.2) is 0 Å². The first-order chi connectivity index (χ1) is 12.8. The van der Waals surface area contributed by atoms with Gasteiger partial charge in [0, 0.05) is 29.1 Å². The van der Waals surface area contributed by atoms with Crippen LogP contribution in [0.25, 0.3) is 0 Å². The van der Waals surface area contributed by atoms with Crippen molar-refractivity contribution in [2.24, 2.45) is 5.92 Å². The summed E-state index contributed by atoms with van der Waals surface area (Å²) in [7, 11) is 0. The summed E-state index contributed by atoms with van der Waals surface area (Å²) in [6.07, 6.45) is 0. The second kappa shape index (κ2) is 9.77. The van der Waals surface area contributed by atoms with Crippen molar-refractivity contribution in [1.82, 2.24) is 10.2 Å². The first-order valence-electron chi connectivity index (χ1n) is 8.85. The molecule has 0 saturated heterocycles. The Kier molecular flexibility index (Phi) is 7.69. The van der Waals surface area contributed by atoms with E-state index in [2.05, 4.69) is 5.32 Å². The molecule has 0 fully saturated rings. The summed E-state index contributed by atoms with van der Waals surface area (Å²) in [6.45, 7) is 6.06. The van der Waals surface area contributed by atoms with E-state index in [1.165, 1.54) is 0 Å². The van der Waals surface area contributed by atoms with E-state index >= 15 is 0 Å². The molecule has 0 aliphatic carbocycles. The van der Waals surface area contributed by atoms with Crippen molar-refractivity contribution in [3.05, 3.63) is 69.7 Å². The normalized spacial score (nSPS) is 11.9. The van der Waals surface area contributed by atoms with Gasteiger partial charge in [0.2, 0.25) is 11.8 Å². The summed E-state index contributed by atoms with van der Waals surface area (Å²) in [4.78, 5) is 27.0. The second-order valence-electron chi connectivity index (χ2n) is 6.74. The molecule has 1 unspecified atom stereocenters. The molecular formula is C21H24Cl2N2O2. The molecule has 1 atom stereocenters. The molecule has 4 nitrogen and oxygen atoms in total. The van der Waals surface area contributed by atoms with E-state index < -0.39 is 6.04 Å². The molecule has 6 heteroatoms. The summed E-state index contributed by atoms with van der Waals surface area (Å²) in [5.41, 5.74) is 1.75. The molecule has 1 N–H and O–H groups in total. The van der Waals surface area contributed by atoms with Crippen LogP contribution in [0.1, 0.15) is 31.9 Å². The third-order valence-corrected chi connectivity index (χ3v) is 4.87. The van der Waals surface area contributed by atoms with E-state index in [1.54, 1.807) is 30.0 Å². The average Bonchev–Trinajstić information content (AvgIpc) is 2.64. The number of halogens is 2. The number of hydrogen-bond acceptors (Lipinski definition) is 2. The lowest BCUT2D eigenvalue weighted by Crippen LogP contribution is -2.48. The van der Waals surface area contributed by atoms with Gasteiger partial charge in [0.15, 0.2) is 0 Å². The van der Waals surface area contributed by atoms with Crippen LogP contribution in [0.5, 0.6) is 0 Å². The van der Waals surface area contributed by atoms with Gasteiger partial charge in [0.25, 0.3) is 0 Å². The lowest BCUT2D eigenvalue weighted by Gasteiger charge is -2.30. The Balaban J connectivity index is 2.09. The molecular weight excluding hydrogens is 383 g/mol. The van der Waals surface area contributed by atoms with Crippen LogP contribution in [0.3, 0.4) is 0 Å². The van der Waals surface area contributed by atoms with Crippen LogP contribution in [0.2, 0.25) is 10.0 Å². The van der Waals surface area contributed by atoms with Crippen LogP contribution in [-0.2, 0) is 22.7 Å². The first kappa shape index (κ1) is 21.3. The Morgan fingerprint density at radius 3 is 2.30 bits per heavy atom. The Labute approximate surface area is 170 Å². The van der Waals surface area contributed by atoms with Crippen LogP contribution < -0.4 is 5.32 Å². The Morgan fingerprint density at radius 2 is 1.70 bits per heavy atom. The molecule has 0 saturated carbocycles. The topological polar surface area (TPSA) is 49.4 Å². The lowest BCUT2D eigenvalue weighted by atomic mass is 10.1. The molecule has 2 rings (SSSR count). The second-order valence-corrected chi connectivity index (χ2v) is 7.58. The quantitative estimate of drug-likeness (QED) is 0.725. The van der Waals surface area contributed by atoms with Gasteiger partial charge in [-0.1, -0.05) is 73.4 Å². The Morgan fingerprint density at radius 1 is 1.04 bits per heavy atom. The molecule has 2 aromatic carbocycles. The zero-order valence-electron chi connectivity index (χ0n) is 15.7. The first-order valence-corrected chi connectivity index (χ1v) is 9.61. The molecule has 0 aliphatic rings. The minimum Gasteiger partial charge on any atom is -0.350 e. The molecule has 2 amide bonds. The third-order valence-electron chi connectivity index (χ3n) is 4.29. The fraction of sp³-hybridized carbons (Fsp3) is 0.333. The maximum absolute atomic E-state index is 12.7. The van der Waals surface area contributed by atoms with Crippen LogP contribution in [0.4, 0.5) is 0 Å². The number of amides is 2. The van der Waals surface area contributed by atoms with Gasteiger partial charge < -0.3 is 10.2 Å². The molecule has 0 bridgehead atoms. The number of hydrogen-bond donors (Lipinski definition) is 1. The standard InChI is InChI=1S/C21H24Cl2N2O2/c1-14(2)21(27)25(13-16-7-5-4-6-8-16)15(3)20(26)24-12-17-9-10-18(22)11-19(17)23/h4-11,14-15H,12-13H2,1-3H3,(H,24,26). The molecule has 0 aromatic heterocycles. The van der Waals surface area contributed by atoms with Crippen molar-refractivity contribution in [2.45, 2.75) is 39.9 Å². The van der Waals surface area contributed by atoms with Gasteiger partial charge in [-0.3, -0.25) is 9.59 Å². The summed E-state index contributed by atoms with van der Waals surface area (Å²) in [5, 5.41) is 3.90. The minimum atomic E-state index is -0.605. The summed E-state index contributed by atoms with van der Waals surface area (Å²) >= 11 is 12.1. The van der Waals surface area contributed by atoms with Crippen molar-refractivity contribution in [1.29, 1.82) is 0 Å². The van der Waals surface area contributed by atoms with E-state index in [-0.39, 0.29) is 24.3 Å². The van der Waals surface area contributed by atoms with Gasteiger partial charge >= 0.3 is 0 Å². The number of benzene rings is 2. The molecule has 0 spiro atoms. The van der Waals surface area contributed by atoms with Crippen LogP contribution in [-0.4, -0.2) is 22.8 Å². The summed E-state index contributed by atoms with van der Waals surface area (Å²) < 4.78 is 0. The number of nitrogens with zero attached hydrogens (tertiary/aromatic N) is 1. The lowest BCUT2D eigenvalue weighted by molar-refractivity contribution is -0.143. The van der Waals surface area contributed by atoms with E-state index in [1.807, 2.05) is 44.2 Å². The molecule has 0 heterocycles.